The van der Waals surface area contributed by atoms with E-state index >= 15 is 0 Å². The molecule has 3 heteroatoms. The highest BCUT2D eigenvalue weighted by molar-refractivity contribution is 5.22. The highest BCUT2D eigenvalue weighted by Crippen LogP contribution is 2.10. The summed E-state index contributed by atoms with van der Waals surface area (Å²) < 4.78 is 0. The van der Waals surface area contributed by atoms with Crippen molar-refractivity contribution >= 4 is 0 Å². The molecule has 0 amide bonds. The molecular formula is C13H14N2O. The Hall–Kier alpha value is -1.90. The van der Waals surface area contributed by atoms with E-state index in [1.54, 1.807) is 6.07 Å². The van der Waals surface area contributed by atoms with Gasteiger partial charge in [0.25, 0.3) is 0 Å². The molecule has 0 aliphatic heterocycles. The lowest BCUT2D eigenvalue weighted by Crippen LogP contribution is -1.95. The molecule has 0 saturated carbocycles. The highest BCUT2D eigenvalue weighted by atomic mass is 16.3. The van der Waals surface area contributed by atoms with Crippen molar-refractivity contribution in [3.05, 3.63) is 53.6 Å². The Morgan fingerprint density at radius 3 is 2.19 bits per heavy atom. The largest absolute Gasteiger partial charge is 0.506 e. The second kappa shape index (κ2) is 4.75. The molecule has 3 nitrogen and oxygen atoms in total. The van der Waals surface area contributed by atoms with E-state index in [0.29, 0.717) is 6.42 Å². The Morgan fingerprint density at radius 1 is 1.00 bits per heavy atom. The fraction of sp³-hybridized carbons (Fsp3) is 0.231. The van der Waals surface area contributed by atoms with Gasteiger partial charge in [0, 0.05) is 24.0 Å². The number of aromatic hydroxyl groups is 1. The second-order valence-corrected chi connectivity index (χ2v) is 3.70. The zero-order valence-corrected chi connectivity index (χ0v) is 9.22. The molecule has 0 saturated heterocycles. The van der Waals surface area contributed by atoms with Gasteiger partial charge in [0.05, 0.1) is 6.20 Å². The monoisotopic (exact) mass is 214 g/mol. The minimum Gasteiger partial charge on any atom is -0.506 e. The van der Waals surface area contributed by atoms with Crippen LogP contribution >= 0.6 is 0 Å². The summed E-state index contributed by atoms with van der Waals surface area (Å²) in [6.45, 7) is 2.11. The summed E-state index contributed by atoms with van der Waals surface area (Å²) in [5, 5.41) is 9.11. The number of hydrogen-bond donors (Lipinski definition) is 1. The predicted octanol–water partition coefficient (Wildman–Crippen LogP) is 2.34. The fourth-order valence-corrected chi connectivity index (χ4v) is 1.48. The van der Waals surface area contributed by atoms with Crippen LogP contribution in [0.5, 0.6) is 5.75 Å². The van der Waals surface area contributed by atoms with Gasteiger partial charge in [0.15, 0.2) is 0 Å². The number of pyridine rings is 2. The third-order valence-corrected chi connectivity index (χ3v) is 2.47. The Bertz CT molecular complexity index is 448. The van der Waals surface area contributed by atoms with Crippen molar-refractivity contribution < 1.29 is 5.11 Å². The number of nitrogens with zero attached hydrogens (tertiary/aromatic N) is 2. The first-order valence-corrected chi connectivity index (χ1v) is 5.35. The normalized spacial score (nSPS) is 10.3. The Kier molecular flexibility index (Phi) is 3.15. The summed E-state index contributed by atoms with van der Waals surface area (Å²) in [4.78, 5) is 8.49. The van der Waals surface area contributed by atoms with E-state index in [9.17, 15) is 0 Å². The molecule has 0 radical (unpaired) electrons. The molecule has 0 aromatic carbocycles. The van der Waals surface area contributed by atoms with Gasteiger partial charge in [-0.3, -0.25) is 9.97 Å². The Labute approximate surface area is 94.8 Å². The molecule has 0 spiro atoms. The van der Waals surface area contributed by atoms with E-state index in [-0.39, 0.29) is 5.75 Å². The van der Waals surface area contributed by atoms with E-state index in [2.05, 4.69) is 23.0 Å². The molecule has 2 aromatic heterocycles. The number of hydrogen-bond acceptors (Lipinski definition) is 3. The lowest BCUT2D eigenvalue weighted by Gasteiger charge is -2.01. The molecule has 2 aromatic rings. The number of aryl methyl sites for hydroxylation is 1. The van der Waals surface area contributed by atoms with Gasteiger partial charge in [0.2, 0.25) is 0 Å². The van der Waals surface area contributed by atoms with Crippen molar-refractivity contribution in [2.24, 2.45) is 0 Å². The number of rotatable bonds is 3. The predicted molar refractivity (Wildman–Crippen MR) is 62.3 cm³/mol. The summed E-state index contributed by atoms with van der Waals surface area (Å²) >= 11 is 0. The molecule has 0 fully saturated rings. The van der Waals surface area contributed by atoms with E-state index in [1.165, 1.54) is 11.8 Å². The van der Waals surface area contributed by atoms with Crippen LogP contribution in [0, 0.1) is 0 Å². The van der Waals surface area contributed by atoms with Crippen molar-refractivity contribution in [1.82, 2.24) is 9.97 Å². The first kappa shape index (κ1) is 10.6. The van der Waals surface area contributed by atoms with Crippen molar-refractivity contribution in [2.45, 2.75) is 19.8 Å². The van der Waals surface area contributed by atoms with Gasteiger partial charge in [0.1, 0.15) is 5.75 Å². The van der Waals surface area contributed by atoms with E-state index in [4.69, 9.17) is 5.11 Å². The third-order valence-electron chi connectivity index (χ3n) is 2.47. The SMILES string of the molecule is CCc1ccc(Cc2ccc(O)cn2)nc1. The van der Waals surface area contributed by atoms with Crippen LogP contribution in [0.1, 0.15) is 23.9 Å². The molecule has 0 atom stereocenters. The maximum absolute atomic E-state index is 9.11. The third kappa shape index (κ3) is 2.57. The van der Waals surface area contributed by atoms with Crippen LogP contribution in [0.3, 0.4) is 0 Å². The van der Waals surface area contributed by atoms with E-state index in [1.807, 2.05) is 18.3 Å². The molecule has 82 valence electrons. The van der Waals surface area contributed by atoms with Gasteiger partial charge in [-0.25, -0.2) is 0 Å². The van der Waals surface area contributed by atoms with Crippen molar-refractivity contribution in [3.63, 3.8) is 0 Å². The zero-order chi connectivity index (χ0) is 11.4. The molecule has 16 heavy (non-hydrogen) atoms. The van der Waals surface area contributed by atoms with Crippen molar-refractivity contribution in [2.75, 3.05) is 0 Å². The summed E-state index contributed by atoms with van der Waals surface area (Å²) in [7, 11) is 0. The highest BCUT2D eigenvalue weighted by Gasteiger charge is 1.99. The van der Waals surface area contributed by atoms with Crippen molar-refractivity contribution in [1.29, 1.82) is 0 Å². The zero-order valence-electron chi connectivity index (χ0n) is 9.22. The molecule has 0 aliphatic carbocycles. The molecule has 0 bridgehead atoms. The summed E-state index contributed by atoms with van der Waals surface area (Å²) in [6.07, 6.45) is 5.06. The summed E-state index contributed by atoms with van der Waals surface area (Å²) in [5.74, 6) is 0.193. The van der Waals surface area contributed by atoms with Crippen molar-refractivity contribution in [3.8, 4) is 5.75 Å². The minimum absolute atomic E-state index is 0.193. The van der Waals surface area contributed by atoms with Crippen LogP contribution < -0.4 is 0 Å². The van der Waals surface area contributed by atoms with Gasteiger partial charge >= 0.3 is 0 Å². The minimum atomic E-state index is 0.193. The van der Waals surface area contributed by atoms with E-state index in [0.717, 1.165) is 17.8 Å². The van der Waals surface area contributed by atoms with Crippen LogP contribution in [0.15, 0.2) is 36.7 Å². The van der Waals surface area contributed by atoms with Gasteiger partial charge in [-0.1, -0.05) is 13.0 Å². The van der Waals surface area contributed by atoms with Crippen LogP contribution in [-0.4, -0.2) is 15.1 Å². The van der Waals surface area contributed by atoms with Gasteiger partial charge in [-0.05, 0) is 30.2 Å². The molecule has 1 N–H and O–H groups in total. The molecule has 0 unspecified atom stereocenters. The number of aromatic nitrogens is 2. The second-order valence-electron chi connectivity index (χ2n) is 3.70. The van der Waals surface area contributed by atoms with Gasteiger partial charge < -0.3 is 5.11 Å². The van der Waals surface area contributed by atoms with Crippen LogP contribution in [0.4, 0.5) is 0 Å². The first-order valence-electron chi connectivity index (χ1n) is 5.35. The Morgan fingerprint density at radius 2 is 1.69 bits per heavy atom. The Balaban J connectivity index is 2.11. The smallest absolute Gasteiger partial charge is 0.133 e. The lowest BCUT2D eigenvalue weighted by atomic mass is 10.1. The summed E-state index contributed by atoms with van der Waals surface area (Å²) in [5.41, 5.74) is 3.15. The quantitative estimate of drug-likeness (QED) is 0.853. The average Bonchev–Trinajstić information content (AvgIpc) is 2.33. The van der Waals surface area contributed by atoms with E-state index < -0.39 is 0 Å². The van der Waals surface area contributed by atoms with Crippen LogP contribution in [0.25, 0.3) is 0 Å². The van der Waals surface area contributed by atoms with Crippen LogP contribution in [-0.2, 0) is 12.8 Å². The average molecular weight is 214 g/mol. The van der Waals surface area contributed by atoms with Crippen LogP contribution in [0.2, 0.25) is 0 Å². The molecule has 2 heterocycles. The maximum Gasteiger partial charge on any atom is 0.133 e. The fourth-order valence-electron chi connectivity index (χ4n) is 1.48. The lowest BCUT2D eigenvalue weighted by molar-refractivity contribution is 0.472. The maximum atomic E-state index is 9.11. The first-order chi connectivity index (χ1) is 7.78. The molecule has 0 aliphatic rings. The standard InChI is InChI=1S/C13H14N2O/c1-2-10-3-4-11(14-8-10)7-12-5-6-13(16)9-15-12/h3-6,8-9,16H,2,7H2,1H3. The topological polar surface area (TPSA) is 46.0 Å². The summed E-state index contributed by atoms with van der Waals surface area (Å²) in [6, 6.07) is 7.56. The van der Waals surface area contributed by atoms with Gasteiger partial charge in [-0.2, -0.15) is 0 Å². The van der Waals surface area contributed by atoms with Gasteiger partial charge in [-0.15, -0.1) is 0 Å². The molecular weight excluding hydrogens is 200 g/mol. The molecule has 2 rings (SSSR count).